The van der Waals surface area contributed by atoms with Gasteiger partial charge in [0.15, 0.2) is 0 Å². The molecular formula is C12H21I. The molecule has 0 aliphatic rings. The topological polar surface area (TPSA) is 0 Å². The summed E-state index contributed by atoms with van der Waals surface area (Å²) in [5, 5.41) is 0. The van der Waals surface area contributed by atoms with Gasteiger partial charge in [0, 0.05) is 29.0 Å². The van der Waals surface area contributed by atoms with Crippen molar-refractivity contribution in [1.82, 2.24) is 0 Å². The SMILES string of the molecule is CCCCCCCCCCC#CI. The van der Waals surface area contributed by atoms with Crippen molar-refractivity contribution in [1.29, 1.82) is 0 Å². The molecule has 0 aromatic carbocycles. The maximum Gasteiger partial charge on any atom is 0.0181 e. The van der Waals surface area contributed by atoms with Crippen molar-refractivity contribution in [2.45, 2.75) is 64.7 Å². The Balaban J connectivity index is 2.86. The van der Waals surface area contributed by atoms with Gasteiger partial charge in [0.25, 0.3) is 0 Å². The molecule has 0 aliphatic carbocycles. The van der Waals surface area contributed by atoms with Crippen molar-refractivity contribution < 1.29 is 0 Å². The highest BCUT2D eigenvalue weighted by Crippen LogP contribution is 2.08. The number of hydrogen-bond acceptors (Lipinski definition) is 0. The molecule has 0 heterocycles. The normalized spacial score (nSPS) is 9.38. The van der Waals surface area contributed by atoms with E-state index in [0.29, 0.717) is 0 Å². The highest BCUT2D eigenvalue weighted by Gasteiger charge is 1.89. The van der Waals surface area contributed by atoms with E-state index < -0.39 is 0 Å². The fourth-order valence-corrected chi connectivity index (χ4v) is 1.66. The first kappa shape index (κ1) is 13.3. The third-order valence-electron chi connectivity index (χ3n) is 2.22. The van der Waals surface area contributed by atoms with Crippen LogP contribution >= 0.6 is 22.6 Å². The zero-order valence-electron chi connectivity index (χ0n) is 8.74. The Labute approximate surface area is 97.0 Å². The zero-order valence-corrected chi connectivity index (χ0v) is 10.9. The lowest BCUT2D eigenvalue weighted by Crippen LogP contribution is -1.79. The first-order valence-electron chi connectivity index (χ1n) is 5.50. The monoisotopic (exact) mass is 292 g/mol. The fourth-order valence-electron chi connectivity index (χ4n) is 1.39. The lowest BCUT2D eigenvalue weighted by atomic mass is 10.1. The molecule has 0 amide bonds. The fraction of sp³-hybridized carbons (Fsp3) is 0.833. The van der Waals surface area contributed by atoms with Crippen LogP contribution in [0.25, 0.3) is 0 Å². The lowest BCUT2D eigenvalue weighted by molar-refractivity contribution is 0.579. The number of halogens is 1. The van der Waals surface area contributed by atoms with Crippen LogP contribution in [-0.4, -0.2) is 0 Å². The van der Waals surface area contributed by atoms with Crippen LogP contribution in [0, 0.1) is 9.85 Å². The first-order chi connectivity index (χ1) is 6.41. The molecule has 0 nitrogen and oxygen atoms in total. The second-order valence-corrected chi connectivity index (χ2v) is 4.04. The van der Waals surface area contributed by atoms with Gasteiger partial charge in [-0.3, -0.25) is 0 Å². The van der Waals surface area contributed by atoms with E-state index in [1.165, 1.54) is 51.4 Å². The summed E-state index contributed by atoms with van der Waals surface area (Å²) in [5.74, 6) is 3.10. The molecule has 0 aliphatic heterocycles. The Morgan fingerprint density at radius 1 is 0.846 bits per heavy atom. The maximum atomic E-state index is 3.10. The molecule has 0 N–H and O–H groups in total. The summed E-state index contributed by atoms with van der Waals surface area (Å²) < 4.78 is 2.91. The molecule has 0 saturated carbocycles. The second-order valence-electron chi connectivity index (χ2n) is 3.50. The van der Waals surface area contributed by atoms with E-state index >= 15 is 0 Å². The van der Waals surface area contributed by atoms with Crippen LogP contribution in [-0.2, 0) is 0 Å². The van der Waals surface area contributed by atoms with Gasteiger partial charge in [0.1, 0.15) is 0 Å². The minimum Gasteiger partial charge on any atom is -0.0919 e. The van der Waals surface area contributed by atoms with Gasteiger partial charge in [0.2, 0.25) is 0 Å². The van der Waals surface area contributed by atoms with Gasteiger partial charge in [-0.15, -0.1) is 0 Å². The average Bonchev–Trinajstić information content (AvgIpc) is 2.16. The summed E-state index contributed by atoms with van der Waals surface area (Å²) in [6, 6.07) is 0. The Morgan fingerprint density at radius 3 is 1.92 bits per heavy atom. The van der Waals surface area contributed by atoms with Crippen molar-refractivity contribution in [3.8, 4) is 9.85 Å². The second kappa shape index (κ2) is 12.3. The largest absolute Gasteiger partial charge is 0.0919 e. The molecule has 0 bridgehead atoms. The quantitative estimate of drug-likeness (QED) is 0.338. The maximum absolute atomic E-state index is 3.10. The summed E-state index contributed by atoms with van der Waals surface area (Å²) in [7, 11) is 0. The van der Waals surface area contributed by atoms with Gasteiger partial charge in [-0.05, 0) is 10.3 Å². The summed E-state index contributed by atoms with van der Waals surface area (Å²) in [6.07, 6.45) is 12.2. The first-order valence-corrected chi connectivity index (χ1v) is 6.58. The van der Waals surface area contributed by atoms with E-state index in [9.17, 15) is 0 Å². The van der Waals surface area contributed by atoms with E-state index in [0.717, 1.165) is 6.42 Å². The van der Waals surface area contributed by atoms with Crippen molar-refractivity contribution >= 4 is 22.6 Å². The van der Waals surface area contributed by atoms with Crippen molar-refractivity contribution in [3.63, 3.8) is 0 Å². The predicted molar refractivity (Wildman–Crippen MR) is 69.0 cm³/mol. The van der Waals surface area contributed by atoms with Crippen LogP contribution in [0.3, 0.4) is 0 Å². The van der Waals surface area contributed by atoms with Gasteiger partial charge in [-0.25, -0.2) is 0 Å². The Bertz CT molecular complexity index is 141. The van der Waals surface area contributed by atoms with Crippen LogP contribution < -0.4 is 0 Å². The van der Waals surface area contributed by atoms with Gasteiger partial charge in [-0.1, -0.05) is 57.8 Å². The predicted octanol–water partition coefficient (Wildman–Crippen LogP) is 4.91. The highest BCUT2D eigenvalue weighted by atomic mass is 127. The van der Waals surface area contributed by atoms with Crippen LogP contribution in [0.1, 0.15) is 64.7 Å². The smallest absolute Gasteiger partial charge is 0.0181 e. The third kappa shape index (κ3) is 12.3. The molecule has 0 fully saturated rings. The third-order valence-corrected chi connectivity index (χ3v) is 2.60. The van der Waals surface area contributed by atoms with Crippen LogP contribution in [0.2, 0.25) is 0 Å². The van der Waals surface area contributed by atoms with E-state index in [1.807, 2.05) is 0 Å². The van der Waals surface area contributed by atoms with Gasteiger partial charge in [0.05, 0.1) is 0 Å². The van der Waals surface area contributed by atoms with Crippen LogP contribution in [0.15, 0.2) is 0 Å². The minimum absolute atomic E-state index is 1.10. The standard InChI is InChI=1S/C12H21I/c1-2-3-4-5-6-7-8-9-10-11-12-13/h2-10H2,1H3. The molecular weight excluding hydrogens is 271 g/mol. The molecule has 0 aromatic heterocycles. The minimum atomic E-state index is 1.10. The molecule has 0 atom stereocenters. The summed E-state index contributed by atoms with van der Waals surface area (Å²) in [6.45, 7) is 2.27. The van der Waals surface area contributed by atoms with Gasteiger partial charge < -0.3 is 0 Å². The van der Waals surface area contributed by atoms with E-state index in [1.54, 1.807) is 0 Å². The molecule has 0 rings (SSSR count). The summed E-state index contributed by atoms with van der Waals surface area (Å²) >= 11 is 2.11. The lowest BCUT2D eigenvalue weighted by Gasteiger charge is -1.98. The van der Waals surface area contributed by atoms with Crippen LogP contribution in [0.4, 0.5) is 0 Å². The molecule has 0 spiro atoms. The van der Waals surface area contributed by atoms with Crippen molar-refractivity contribution in [3.05, 3.63) is 0 Å². The van der Waals surface area contributed by atoms with E-state index in [2.05, 4.69) is 39.4 Å². The molecule has 0 aromatic rings. The summed E-state index contributed by atoms with van der Waals surface area (Å²) in [5.41, 5.74) is 0. The number of unbranched alkanes of at least 4 members (excludes halogenated alkanes) is 8. The Morgan fingerprint density at radius 2 is 1.38 bits per heavy atom. The van der Waals surface area contributed by atoms with Crippen LogP contribution in [0.5, 0.6) is 0 Å². The van der Waals surface area contributed by atoms with Crippen molar-refractivity contribution in [2.75, 3.05) is 0 Å². The zero-order chi connectivity index (χ0) is 9.78. The molecule has 76 valence electrons. The van der Waals surface area contributed by atoms with Gasteiger partial charge in [-0.2, -0.15) is 0 Å². The summed E-state index contributed by atoms with van der Waals surface area (Å²) in [4.78, 5) is 0. The Kier molecular flexibility index (Phi) is 12.6. The van der Waals surface area contributed by atoms with Crippen molar-refractivity contribution in [2.24, 2.45) is 0 Å². The highest BCUT2D eigenvalue weighted by molar-refractivity contribution is 14.1. The van der Waals surface area contributed by atoms with E-state index in [4.69, 9.17) is 0 Å². The molecule has 1 heteroatoms. The molecule has 0 radical (unpaired) electrons. The number of hydrogen-bond donors (Lipinski definition) is 0. The molecule has 0 saturated heterocycles. The molecule has 0 unspecified atom stereocenters. The average molecular weight is 292 g/mol. The van der Waals surface area contributed by atoms with Gasteiger partial charge >= 0.3 is 0 Å². The number of rotatable bonds is 8. The molecule has 13 heavy (non-hydrogen) atoms. The van der Waals surface area contributed by atoms with E-state index in [-0.39, 0.29) is 0 Å². The Hall–Kier alpha value is 0.290.